The summed E-state index contributed by atoms with van der Waals surface area (Å²) in [5, 5.41) is 6.51. The minimum atomic E-state index is -0.355. The predicted octanol–water partition coefficient (Wildman–Crippen LogP) is 4.02. The van der Waals surface area contributed by atoms with E-state index in [1.165, 1.54) is 25.5 Å². The highest BCUT2D eigenvalue weighted by atomic mass is 16.5. The number of amides is 1. The van der Waals surface area contributed by atoms with E-state index in [0.29, 0.717) is 23.7 Å². The first kappa shape index (κ1) is 18.2. The molecule has 1 N–H and O–H groups in total. The van der Waals surface area contributed by atoms with Crippen LogP contribution in [-0.2, 0) is 6.42 Å². The molecule has 1 fully saturated rings. The lowest BCUT2D eigenvalue weighted by atomic mass is 9.98. The van der Waals surface area contributed by atoms with Crippen molar-refractivity contribution in [2.24, 2.45) is 0 Å². The first-order chi connectivity index (χ1) is 13.8. The topological polar surface area (TPSA) is 90.1 Å². The van der Waals surface area contributed by atoms with Crippen LogP contribution in [0.5, 0.6) is 5.88 Å². The highest BCUT2D eigenvalue weighted by molar-refractivity contribution is 6.02. The molecular weight excluding hydrogens is 356 g/mol. The summed E-state index contributed by atoms with van der Waals surface area (Å²) in [5.41, 5.74) is 1.47. The molecule has 2 heterocycles. The Morgan fingerprint density at radius 1 is 1.11 bits per heavy atom. The van der Waals surface area contributed by atoms with Crippen LogP contribution in [-0.4, -0.2) is 27.1 Å². The Bertz CT molecular complexity index is 903. The van der Waals surface area contributed by atoms with Crippen molar-refractivity contribution in [1.82, 2.24) is 15.1 Å². The summed E-state index contributed by atoms with van der Waals surface area (Å²) in [6.07, 6.45) is 8.04. The SMILES string of the molecule is O=C(Nc1nc(Cc2ccccc2)no1)c1ccc(OC2CCCCC2)nc1. The van der Waals surface area contributed by atoms with Crippen LogP contribution in [0.25, 0.3) is 0 Å². The number of anilines is 1. The van der Waals surface area contributed by atoms with Gasteiger partial charge in [-0.25, -0.2) is 4.98 Å². The molecule has 0 atom stereocenters. The molecular formula is C21H22N4O3. The summed E-state index contributed by atoms with van der Waals surface area (Å²) in [5.74, 6) is 0.703. The van der Waals surface area contributed by atoms with Gasteiger partial charge < -0.3 is 9.26 Å². The van der Waals surface area contributed by atoms with Gasteiger partial charge in [0.05, 0.1) is 5.56 Å². The normalized spacial score (nSPS) is 14.6. The molecule has 144 valence electrons. The molecule has 0 saturated heterocycles. The van der Waals surface area contributed by atoms with Crippen LogP contribution in [0.1, 0.15) is 53.8 Å². The molecule has 0 spiro atoms. The van der Waals surface area contributed by atoms with Gasteiger partial charge in [-0.2, -0.15) is 4.98 Å². The number of nitrogens with one attached hydrogen (secondary N) is 1. The second-order valence-corrected chi connectivity index (χ2v) is 6.90. The Morgan fingerprint density at radius 3 is 2.68 bits per heavy atom. The zero-order valence-corrected chi connectivity index (χ0v) is 15.5. The van der Waals surface area contributed by atoms with E-state index in [4.69, 9.17) is 9.26 Å². The Labute approximate surface area is 163 Å². The second kappa shape index (κ2) is 8.65. The Balaban J connectivity index is 1.33. The molecule has 3 aromatic rings. The monoisotopic (exact) mass is 378 g/mol. The number of ether oxygens (including phenoxy) is 1. The van der Waals surface area contributed by atoms with Gasteiger partial charge in [0.1, 0.15) is 6.10 Å². The molecule has 0 aliphatic heterocycles. The van der Waals surface area contributed by atoms with Crippen LogP contribution in [0.4, 0.5) is 6.01 Å². The van der Waals surface area contributed by atoms with Crippen LogP contribution in [0, 0.1) is 0 Å². The number of hydrogen-bond acceptors (Lipinski definition) is 6. The van der Waals surface area contributed by atoms with Crippen molar-refractivity contribution in [3.05, 3.63) is 65.6 Å². The van der Waals surface area contributed by atoms with E-state index >= 15 is 0 Å². The second-order valence-electron chi connectivity index (χ2n) is 6.90. The predicted molar refractivity (Wildman–Crippen MR) is 103 cm³/mol. The maximum atomic E-state index is 12.4. The van der Waals surface area contributed by atoms with Crippen LogP contribution >= 0.6 is 0 Å². The molecule has 1 aliphatic carbocycles. The summed E-state index contributed by atoms with van der Waals surface area (Å²) in [6.45, 7) is 0. The van der Waals surface area contributed by atoms with Crippen molar-refractivity contribution >= 4 is 11.9 Å². The van der Waals surface area contributed by atoms with Crippen molar-refractivity contribution < 1.29 is 14.1 Å². The minimum absolute atomic E-state index is 0.0680. The number of nitrogens with zero attached hydrogens (tertiary/aromatic N) is 3. The summed E-state index contributed by atoms with van der Waals surface area (Å²) >= 11 is 0. The largest absolute Gasteiger partial charge is 0.474 e. The van der Waals surface area contributed by atoms with Crippen LogP contribution in [0.15, 0.2) is 53.2 Å². The van der Waals surface area contributed by atoms with Crippen molar-refractivity contribution in [1.29, 1.82) is 0 Å². The van der Waals surface area contributed by atoms with E-state index in [0.717, 1.165) is 18.4 Å². The third-order valence-electron chi connectivity index (χ3n) is 4.73. The Morgan fingerprint density at radius 2 is 1.93 bits per heavy atom. The molecule has 1 aromatic carbocycles. The summed E-state index contributed by atoms with van der Waals surface area (Å²) in [7, 11) is 0. The summed E-state index contributed by atoms with van der Waals surface area (Å²) in [6, 6.07) is 13.3. The molecule has 4 rings (SSSR count). The van der Waals surface area contributed by atoms with Gasteiger partial charge in [0.15, 0.2) is 5.82 Å². The van der Waals surface area contributed by atoms with Gasteiger partial charge in [-0.05, 0) is 37.3 Å². The average molecular weight is 378 g/mol. The zero-order chi connectivity index (χ0) is 19.2. The molecule has 7 nitrogen and oxygen atoms in total. The number of carbonyl (C=O) groups excluding carboxylic acids is 1. The van der Waals surface area contributed by atoms with Gasteiger partial charge >= 0.3 is 6.01 Å². The van der Waals surface area contributed by atoms with Crippen molar-refractivity contribution in [3.63, 3.8) is 0 Å². The van der Waals surface area contributed by atoms with Crippen LogP contribution in [0.3, 0.4) is 0 Å². The smallest absolute Gasteiger partial charge is 0.328 e. The molecule has 7 heteroatoms. The average Bonchev–Trinajstić information content (AvgIpc) is 3.17. The summed E-state index contributed by atoms with van der Waals surface area (Å²) in [4.78, 5) is 20.8. The standard InChI is InChI=1S/C21H22N4O3/c26-20(16-11-12-19(22-14-16)27-17-9-5-2-6-10-17)24-21-23-18(25-28-21)13-15-7-3-1-4-8-15/h1,3-4,7-8,11-12,14,17H,2,5-6,9-10,13H2,(H,23,24,25,26). The van der Waals surface area contributed by atoms with E-state index < -0.39 is 0 Å². The van der Waals surface area contributed by atoms with E-state index in [2.05, 4.69) is 20.4 Å². The third kappa shape index (κ3) is 4.73. The van der Waals surface area contributed by atoms with Gasteiger partial charge in [0.2, 0.25) is 5.88 Å². The van der Waals surface area contributed by atoms with Crippen molar-refractivity contribution in [2.75, 3.05) is 5.32 Å². The number of rotatable bonds is 6. The summed E-state index contributed by atoms with van der Waals surface area (Å²) < 4.78 is 11.0. The van der Waals surface area contributed by atoms with E-state index in [1.54, 1.807) is 12.1 Å². The Hall–Kier alpha value is -3.22. The van der Waals surface area contributed by atoms with Crippen LogP contribution in [0.2, 0.25) is 0 Å². The fourth-order valence-electron chi connectivity index (χ4n) is 3.26. The van der Waals surface area contributed by atoms with Gasteiger partial charge in [0.25, 0.3) is 5.91 Å². The minimum Gasteiger partial charge on any atom is -0.474 e. The van der Waals surface area contributed by atoms with Gasteiger partial charge in [-0.15, -0.1) is 0 Å². The lowest BCUT2D eigenvalue weighted by molar-refractivity contribution is 0.102. The van der Waals surface area contributed by atoms with E-state index in [1.807, 2.05) is 30.3 Å². The van der Waals surface area contributed by atoms with Gasteiger partial charge in [0, 0.05) is 18.7 Å². The van der Waals surface area contributed by atoms with Gasteiger partial charge in [-0.3, -0.25) is 10.1 Å². The van der Waals surface area contributed by atoms with E-state index in [-0.39, 0.29) is 18.0 Å². The third-order valence-corrected chi connectivity index (χ3v) is 4.73. The van der Waals surface area contributed by atoms with Crippen molar-refractivity contribution in [2.45, 2.75) is 44.6 Å². The number of benzene rings is 1. The molecule has 28 heavy (non-hydrogen) atoms. The first-order valence-electron chi connectivity index (χ1n) is 9.57. The number of hydrogen-bond donors (Lipinski definition) is 1. The fourth-order valence-corrected chi connectivity index (χ4v) is 3.26. The molecule has 1 aliphatic rings. The highest BCUT2D eigenvalue weighted by Gasteiger charge is 2.16. The molecule has 0 radical (unpaired) electrons. The maximum Gasteiger partial charge on any atom is 0.328 e. The quantitative estimate of drug-likeness (QED) is 0.697. The number of carbonyl (C=O) groups is 1. The van der Waals surface area contributed by atoms with Crippen LogP contribution < -0.4 is 10.1 Å². The van der Waals surface area contributed by atoms with Crippen molar-refractivity contribution in [3.8, 4) is 5.88 Å². The molecule has 1 amide bonds. The van der Waals surface area contributed by atoms with Gasteiger partial charge in [-0.1, -0.05) is 41.9 Å². The molecule has 2 aromatic heterocycles. The first-order valence-corrected chi connectivity index (χ1v) is 9.57. The lowest BCUT2D eigenvalue weighted by Crippen LogP contribution is -2.20. The van der Waals surface area contributed by atoms with E-state index in [9.17, 15) is 4.79 Å². The molecule has 1 saturated carbocycles. The fraction of sp³-hybridized carbons (Fsp3) is 0.333. The number of aromatic nitrogens is 3. The molecule has 0 bridgehead atoms. The maximum absolute atomic E-state index is 12.4. The zero-order valence-electron chi connectivity index (χ0n) is 15.5. The lowest BCUT2D eigenvalue weighted by Gasteiger charge is -2.22. The Kier molecular flexibility index (Phi) is 5.61. The molecule has 0 unspecified atom stereocenters. The number of pyridine rings is 1. The highest BCUT2D eigenvalue weighted by Crippen LogP contribution is 2.22.